The molecule has 0 N–H and O–H groups in total. The van der Waals surface area contributed by atoms with Gasteiger partial charge >= 0.3 is 23.7 Å². The van der Waals surface area contributed by atoms with Crippen molar-refractivity contribution in [3.05, 3.63) is 29.0 Å². The number of fused-ring (bicyclic) bond motifs is 1. The van der Waals surface area contributed by atoms with Crippen LogP contribution in [0.2, 0.25) is 0 Å². The molecule has 3 aromatic heterocycles. The molecule has 0 aromatic carbocycles. The average Bonchev–Trinajstić information content (AvgIpc) is 3.49. The van der Waals surface area contributed by atoms with E-state index in [2.05, 4.69) is 20.1 Å². The van der Waals surface area contributed by atoms with Gasteiger partial charge in [-0.15, -0.1) is 0 Å². The monoisotopic (exact) mass is 535 g/mol. The van der Waals surface area contributed by atoms with Crippen LogP contribution in [-0.4, -0.2) is 77.0 Å². The normalized spacial score (nSPS) is 21.1. The number of aryl methyl sites for hydroxylation is 1. The maximum atomic E-state index is 11.9. The van der Waals surface area contributed by atoms with E-state index in [4.69, 9.17) is 18.9 Å². The quantitative estimate of drug-likeness (QED) is 0.130. The predicted molar refractivity (Wildman–Crippen MR) is 121 cm³/mol. The molecule has 4 atom stereocenters. The van der Waals surface area contributed by atoms with Gasteiger partial charge in [0.15, 0.2) is 29.1 Å². The molecule has 4 heterocycles. The van der Waals surface area contributed by atoms with Gasteiger partial charge in [0.05, 0.1) is 11.6 Å². The first-order chi connectivity index (χ1) is 17.6. The van der Waals surface area contributed by atoms with Crippen molar-refractivity contribution in [2.24, 2.45) is 7.05 Å². The van der Waals surface area contributed by atoms with Crippen molar-refractivity contribution in [3.8, 4) is 0 Å². The molecule has 0 saturated carbocycles. The molecule has 1 aliphatic rings. The molecule has 0 amide bonds. The Hall–Kier alpha value is -4.12. The molecule has 0 radical (unpaired) electrons. The summed E-state index contributed by atoms with van der Waals surface area (Å²) in [6.45, 7) is 3.29. The van der Waals surface area contributed by atoms with Crippen LogP contribution < -0.4 is 0 Å². The number of imidazole rings is 1. The van der Waals surface area contributed by atoms with E-state index in [0.29, 0.717) is 10.4 Å². The molecule has 0 aliphatic carbocycles. The minimum absolute atomic E-state index is 0.240. The van der Waals surface area contributed by atoms with Crippen molar-refractivity contribution in [2.45, 2.75) is 55.4 Å². The van der Waals surface area contributed by atoms with Crippen molar-refractivity contribution in [3.63, 3.8) is 0 Å². The Balaban J connectivity index is 1.73. The lowest BCUT2D eigenvalue weighted by Gasteiger charge is -2.23. The third kappa shape index (κ3) is 5.36. The largest absolute Gasteiger partial charge is 0.463 e. The SMILES string of the molecule is CC(=O)OC[C@H]1O[C@@H](n2ncc3c(Sc4c([N+](=O)[O-])ncn4C)ncnc32)[C@H](OC(C)=O)[C@@H]1OC(C)=O. The van der Waals surface area contributed by atoms with Crippen LogP contribution in [0.25, 0.3) is 11.0 Å². The van der Waals surface area contributed by atoms with E-state index < -0.39 is 47.4 Å². The molecule has 0 spiro atoms. The molecule has 1 fully saturated rings. The fourth-order valence-electron chi connectivity index (χ4n) is 3.74. The van der Waals surface area contributed by atoms with Crippen LogP contribution in [-0.2, 0) is 40.4 Å². The van der Waals surface area contributed by atoms with E-state index in [1.807, 2.05) is 0 Å². The number of esters is 3. The lowest BCUT2D eigenvalue weighted by atomic mass is 10.1. The number of carbonyl (C=O) groups excluding carboxylic acids is 3. The Bertz CT molecular complexity index is 1370. The molecule has 1 saturated heterocycles. The van der Waals surface area contributed by atoms with Crippen LogP contribution in [0.5, 0.6) is 0 Å². The highest BCUT2D eigenvalue weighted by molar-refractivity contribution is 7.99. The number of hydrogen-bond donors (Lipinski definition) is 0. The van der Waals surface area contributed by atoms with Crippen molar-refractivity contribution in [1.29, 1.82) is 0 Å². The van der Waals surface area contributed by atoms with Crippen LogP contribution in [0.3, 0.4) is 0 Å². The lowest BCUT2D eigenvalue weighted by molar-refractivity contribution is -0.392. The summed E-state index contributed by atoms with van der Waals surface area (Å²) in [5, 5.41) is 16.7. The summed E-state index contributed by atoms with van der Waals surface area (Å²) in [5.41, 5.74) is 0.249. The molecule has 3 aromatic rings. The average molecular weight is 535 g/mol. The maximum absolute atomic E-state index is 11.9. The molecule has 0 bridgehead atoms. The van der Waals surface area contributed by atoms with E-state index in [1.54, 1.807) is 7.05 Å². The number of ether oxygens (including phenoxy) is 4. The van der Waals surface area contributed by atoms with Crippen LogP contribution in [0.15, 0.2) is 28.9 Å². The van der Waals surface area contributed by atoms with E-state index in [0.717, 1.165) is 11.8 Å². The second-order valence-electron chi connectivity index (χ2n) is 7.86. The van der Waals surface area contributed by atoms with Crippen LogP contribution in [0.1, 0.15) is 27.0 Å². The van der Waals surface area contributed by atoms with Gasteiger partial charge in [-0.1, -0.05) is 0 Å². The third-order valence-electron chi connectivity index (χ3n) is 5.17. The Labute approximate surface area is 212 Å². The first kappa shape index (κ1) is 26.0. The first-order valence-electron chi connectivity index (χ1n) is 10.7. The van der Waals surface area contributed by atoms with E-state index in [9.17, 15) is 24.5 Å². The Kier molecular flexibility index (Phi) is 7.35. The van der Waals surface area contributed by atoms with Gasteiger partial charge in [-0.25, -0.2) is 14.6 Å². The van der Waals surface area contributed by atoms with Crippen LogP contribution in [0.4, 0.5) is 5.82 Å². The maximum Gasteiger partial charge on any atom is 0.396 e. The topological polar surface area (TPSA) is 193 Å². The molecular formula is C20H21N7O9S. The Morgan fingerprint density at radius 1 is 1.11 bits per heavy atom. The van der Waals surface area contributed by atoms with Crippen molar-refractivity contribution < 1.29 is 38.3 Å². The smallest absolute Gasteiger partial charge is 0.396 e. The second kappa shape index (κ2) is 10.5. The molecule has 0 unspecified atom stereocenters. The van der Waals surface area contributed by atoms with Gasteiger partial charge in [0.1, 0.15) is 24.1 Å². The number of carbonyl (C=O) groups is 3. The highest BCUT2D eigenvalue weighted by atomic mass is 32.2. The fourth-order valence-corrected chi connectivity index (χ4v) is 4.69. The van der Waals surface area contributed by atoms with Crippen LogP contribution in [0, 0.1) is 10.1 Å². The van der Waals surface area contributed by atoms with E-state index >= 15 is 0 Å². The lowest BCUT2D eigenvalue weighted by Crippen LogP contribution is -2.40. The Morgan fingerprint density at radius 3 is 2.46 bits per heavy atom. The summed E-state index contributed by atoms with van der Waals surface area (Å²) >= 11 is 0.995. The summed E-state index contributed by atoms with van der Waals surface area (Å²) in [5.74, 6) is -2.25. The highest BCUT2D eigenvalue weighted by Crippen LogP contribution is 2.39. The zero-order chi connectivity index (χ0) is 26.9. The fraction of sp³-hybridized carbons (Fsp3) is 0.450. The summed E-state index contributed by atoms with van der Waals surface area (Å²) in [6.07, 6.45) is -0.391. The number of nitrogens with zero attached hydrogens (tertiary/aromatic N) is 7. The zero-order valence-electron chi connectivity index (χ0n) is 20.0. The second-order valence-corrected chi connectivity index (χ2v) is 8.84. The van der Waals surface area contributed by atoms with Gasteiger partial charge in [0.25, 0.3) is 0 Å². The summed E-state index contributed by atoms with van der Waals surface area (Å²) in [7, 11) is 1.61. The van der Waals surface area contributed by atoms with Crippen molar-refractivity contribution >= 4 is 46.5 Å². The first-order valence-corrected chi connectivity index (χ1v) is 11.5. The van der Waals surface area contributed by atoms with E-state index in [-0.39, 0.29) is 23.1 Å². The highest BCUT2D eigenvalue weighted by Gasteiger charge is 2.51. The molecular weight excluding hydrogens is 514 g/mol. The summed E-state index contributed by atoms with van der Waals surface area (Å²) in [4.78, 5) is 58.1. The molecule has 16 nitrogen and oxygen atoms in total. The third-order valence-corrected chi connectivity index (χ3v) is 6.35. The molecule has 17 heteroatoms. The molecule has 37 heavy (non-hydrogen) atoms. The van der Waals surface area contributed by atoms with Gasteiger partial charge in [-0.05, 0) is 21.7 Å². The molecule has 196 valence electrons. The van der Waals surface area contributed by atoms with Gasteiger partial charge < -0.3 is 33.6 Å². The summed E-state index contributed by atoms with van der Waals surface area (Å²) in [6, 6.07) is 0. The Morgan fingerprint density at radius 2 is 1.81 bits per heavy atom. The van der Waals surface area contributed by atoms with Gasteiger partial charge in [-0.3, -0.25) is 14.4 Å². The van der Waals surface area contributed by atoms with Gasteiger partial charge in [-0.2, -0.15) is 5.10 Å². The standard InChI is InChI=1S/C20H21N7O9S/c1-9(28)33-6-13-14(34-10(2)29)15(35-11(3)30)19(36-13)26-16-12(5-24-26)18(22-7-21-16)37-20-17(27(31)32)23-8-25(20)4/h5,7-8,13-15,19H,6H2,1-4H3/t13-,14-,15-,19-/m1/s1. The number of rotatable bonds is 8. The van der Waals surface area contributed by atoms with E-state index in [1.165, 1.54) is 48.9 Å². The minimum Gasteiger partial charge on any atom is -0.463 e. The van der Waals surface area contributed by atoms with Crippen LogP contribution >= 0.6 is 11.8 Å². The molecule has 1 aliphatic heterocycles. The number of hydrogen-bond acceptors (Lipinski definition) is 14. The number of nitro groups is 1. The van der Waals surface area contributed by atoms with Crippen molar-refractivity contribution in [2.75, 3.05) is 6.61 Å². The minimum atomic E-state index is -1.16. The van der Waals surface area contributed by atoms with Gasteiger partial charge in [0.2, 0.25) is 6.33 Å². The number of aromatic nitrogens is 6. The van der Waals surface area contributed by atoms with Crippen molar-refractivity contribution in [1.82, 2.24) is 29.3 Å². The zero-order valence-corrected chi connectivity index (χ0v) is 20.8. The summed E-state index contributed by atoms with van der Waals surface area (Å²) < 4.78 is 24.7. The van der Waals surface area contributed by atoms with Gasteiger partial charge in [0, 0.05) is 27.8 Å². The predicted octanol–water partition coefficient (Wildman–Crippen LogP) is 0.943. The molecule has 4 rings (SSSR count).